The van der Waals surface area contributed by atoms with E-state index in [0.717, 1.165) is 12.0 Å². The summed E-state index contributed by atoms with van der Waals surface area (Å²) in [5.41, 5.74) is 7.60. The number of aromatic nitrogens is 1. The summed E-state index contributed by atoms with van der Waals surface area (Å²) < 4.78 is 24.2. The molecule has 2 rings (SSSR count). The molecule has 0 aliphatic heterocycles. The third-order valence-corrected chi connectivity index (χ3v) is 3.10. The van der Waals surface area contributed by atoms with Gasteiger partial charge in [0.2, 0.25) is 0 Å². The average molecular weight is 290 g/mol. The van der Waals surface area contributed by atoms with E-state index in [1.54, 1.807) is 24.5 Å². The van der Waals surface area contributed by atoms with Gasteiger partial charge in [0.1, 0.15) is 5.75 Å². The number of pyridine rings is 1. The highest BCUT2D eigenvalue weighted by molar-refractivity contribution is 5.37. The molecule has 5 heteroatoms. The van der Waals surface area contributed by atoms with Crippen molar-refractivity contribution in [2.24, 2.45) is 5.73 Å². The van der Waals surface area contributed by atoms with Gasteiger partial charge in [0.15, 0.2) is 11.6 Å². The third kappa shape index (κ3) is 3.70. The molecule has 0 saturated heterocycles. The smallest absolute Gasteiger partial charge is 0.165 e. The van der Waals surface area contributed by atoms with Gasteiger partial charge in [-0.25, -0.2) is 4.39 Å². The molecule has 112 valence electrons. The normalized spacial score (nSPS) is 12.0. The molecule has 1 atom stereocenters. The van der Waals surface area contributed by atoms with Crippen molar-refractivity contribution < 1.29 is 13.9 Å². The van der Waals surface area contributed by atoms with E-state index in [0.29, 0.717) is 17.9 Å². The zero-order chi connectivity index (χ0) is 15.2. The van der Waals surface area contributed by atoms with Crippen LogP contribution in [-0.2, 0) is 0 Å². The molecule has 0 amide bonds. The minimum Gasteiger partial charge on any atom is -0.494 e. The maximum Gasteiger partial charge on any atom is 0.165 e. The van der Waals surface area contributed by atoms with Crippen molar-refractivity contribution in [1.82, 2.24) is 4.98 Å². The molecular formula is C16H19FN2O2. The first-order valence-electron chi connectivity index (χ1n) is 6.82. The van der Waals surface area contributed by atoms with E-state index in [9.17, 15) is 4.39 Å². The molecule has 0 saturated carbocycles. The van der Waals surface area contributed by atoms with Crippen LogP contribution < -0.4 is 15.2 Å². The molecular weight excluding hydrogens is 271 g/mol. The predicted octanol–water partition coefficient (Wildman–Crippen LogP) is 3.07. The molecule has 1 unspecified atom stereocenters. The largest absolute Gasteiger partial charge is 0.494 e. The monoisotopic (exact) mass is 290 g/mol. The average Bonchev–Trinajstić information content (AvgIpc) is 2.52. The second kappa shape index (κ2) is 7.04. The standard InChI is InChI=1S/C16H19FN2O2/c1-3-6-21-13-7-12(9-19-10-13)16(18)11-4-5-15(20-2)14(17)8-11/h4-5,7-10,16H,3,6,18H2,1-2H3. The predicted molar refractivity (Wildman–Crippen MR) is 79.0 cm³/mol. The Bertz CT molecular complexity index is 605. The van der Waals surface area contributed by atoms with Crippen molar-refractivity contribution in [3.8, 4) is 11.5 Å². The molecule has 1 aromatic heterocycles. The summed E-state index contributed by atoms with van der Waals surface area (Å²) in [6, 6.07) is 6.04. The number of methoxy groups -OCH3 is 1. The van der Waals surface area contributed by atoms with Gasteiger partial charge >= 0.3 is 0 Å². The van der Waals surface area contributed by atoms with Crippen LogP contribution in [0.3, 0.4) is 0 Å². The number of hydrogen-bond donors (Lipinski definition) is 1. The van der Waals surface area contributed by atoms with Crippen LogP contribution >= 0.6 is 0 Å². The lowest BCUT2D eigenvalue weighted by Crippen LogP contribution is -2.13. The summed E-state index contributed by atoms with van der Waals surface area (Å²) in [6.45, 7) is 2.65. The Labute approximate surface area is 123 Å². The molecule has 0 fully saturated rings. The van der Waals surface area contributed by atoms with Gasteiger partial charge in [0.05, 0.1) is 26.0 Å². The Kier molecular flexibility index (Phi) is 5.11. The van der Waals surface area contributed by atoms with Crippen molar-refractivity contribution in [2.45, 2.75) is 19.4 Å². The molecule has 0 spiro atoms. The van der Waals surface area contributed by atoms with Crippen LogP contribution in [0.2, 0.25) is 0 Å². The fraction of sp³-hybridized carbons (Fsp3) is 0.312. The first kappa shape index (κ1) is 15.3. The van der Waals surface area contributed by atoms with Crippen molar-refractivity contribution in [1.29, 1.82) is 0 Å². The fourth-order valence-electron chi connectivity index (χ4n) is 1.97. The van der Waals surface area contributed by atoms with E-state index >= 15 is 0 Å². The zero-order valence-electron chi connectivity index (χ0n) is 12.2. The van der Waals surface area contributed by atoms with Gasteiger partial charge in [-0.1, -0.05) is 13.0 Å². The number of ether oxygens (including phenoxy) is 2. The van der Waals surface area contributed by atoms with Gasteiger partial charge in [-0.05, 0) is 35.7 Å². The molecule has 0 aliphatic rings. The molecule has 0 aliphatic carbocycles. The Hall–Kier alpha value is -2.14. The molecule has 0 bridgehead atoms. The maximum atomic E-state index is 13.8. The summed E-state index contributed by atoms with van der Waals surface area (Å²) in [5, 5.41) is 0. The van der Waals surface area contributed by atoms with Crippen LogP contribution in [0.15, 0.2) is 36.7 Å². The van der Waals surface area contributed by atoms with Crippen molar-refractivity contribution in [2.75, 3.05) is 13.7 Å². The number of halogens is 1. The molecule has 2 aromatic rings. The summed E-state index contributed by atoms with van der Waals surface area (Å²) in [4.78, 5) is 4.12. The summed E-state index contributed by atoms with van der Waals surface area (Å²) in [5.74, 6) is 0.430. The zero-order valence-corrected chi connectivity index (χ0v) is 12.2. The Morgan fingerprint density at radius 3 is 2.71 bits per heavy atom. The highest BCUT2D eigenvalue weighted by atomic mass is 19.1. The second-order valence-corrected chi connectivity index (χ2v) is 4.67. The molecule has 1 aromatic carbocycles. The topological polar surface area (TPSA) is 57.4 Å². The first-order chi connectivity index (χ1) is 10.2. The molecule has 21 heavy (non-hydrogen) atoms. The Morgan fingerprint density at radius 2 is 2.05 bits per heavy atom. The molecule has 1 heterocycles. The minimum absolute atomic E-state index is 0.198. The van der Waals surface area contributed by atoms with Crippen molar-refractivity contribution >= 4 is 0 Å². The van der Waals surface area contributed by atoms with Gasteiger partial charge in [0.25, 0.3) is 0 Å². The lowest BCUT2D eigenvalue weighted by Gasteiger charge is -2.14. The van der Waals surface area contributed by atoms with Crippen molar-refractivity contribution in [3.63, 3.8) is 0 Å². The van der Waals surface area contributed by atoms with Crippen molar-refractivity contribution in [3.05, 3.63) is 53.6 Å². The Morgan fingerprint density at radius 1 is 1.24 bits per heavy atom. The summed E-state index contributed by atoms with van der Waals surface area (Å²) in [6.07, 6.45) is 4.21. The van der Waals surface area contributed by atoms with E-state index in [1.807, 2.05) is 13.0 Å². The van der Waals surface area contributed by atoms with Crippen LogP contribution in [-0.4, -0.2) is 18.7 Å². The number of rotatable bonds is 6. The van der Waals surface area contributed by atoms with E-state index in [2.05, 4.69) is 4.98 Å². The lowest BCUT2D eigenvalue weighted by molar-refractivity contribution is 0.315. The second-order valence-electron chi connectivity index (χ2n) is 4.67. The number of nitrogens with zero attached hydrogens (tertiary/aromatic N) is 1. The molecule has 0 radical (unpaired) electrons. The van der Waals surface area contributed by atoms with Gasteiger partial charge < -0.3 is 15.2 Å². The SMILES string of the molecule is CCCOc1cncc(C(N)c2ccc(OC)c(F)c2)c1. The van der Waals surface area contributed by atoms with Gasteiger partial charge in [-0.3, -0.25) is 4.98 Å². The third-order valence-electron chi connectivity index (χ3n) is 3.10. The summed E-state index contributed by atoms with van der Waals surface area (Å²) in [7, 11) is 1.43. The Balaban J connectivity index is 2.22. The van der Waals surface area contributed by atoms with Gasteiger partial charge in [-0.2, -0.15) is 0 Å². The van der Waals surface area contributed by atoms with Crippen LogP contribution in [0.1, 0.15) is 30.5 Å². The van der Waals surface area contributed by atoms with Crippen LogP contribution in [0, 0.1) is 5.82 Å². The number of benzene rings is 1. The highest BCUT2D eigenvalue weighted by Crippen LogP contribution is 2.26. The van der Waals surface area contributed by atoms with Gasteiger partial charge in [0, 0.05) is 6.20 Å². The highest BCUT2D eigenvalue weighted by Gasteiger charge is 2.13. The van der Waals surface area contributed by atoms with Crippen LogP contribution in [0.5, 0.6) is 11.5 Å². The quantitative estimate of drug-likeness (QED) is 0.888. The number of nitrogens with two attached hydrogens (primary N) is 1. The van der Waals surface area contributed by atoms with Crippen LogP contribution in [0.25, 0.3) is 0 Å². The van der Waals surface area contributed by atoms with E-state index in [1.165, 1.54) is 13.2 Å². The first-order valence-corrected chi connectivity index (χ1v) is 6.82. The number of hydrogen-bond acceptors (Lipinski definition) is 4. The fourth-order valence-corrected chi connectivity index (χ4v) is 1.97. The lowest BCUT2D eigenvalue weighted by atomic mass is 10.0. The van der Waals surface area contributed by atoms with E-state index in [-0.39, 0.29) is 5.75 Å². The maximum absolute atomic E-state index is 13.8. The van der Waals surface area contributed by atoms with E-state index in [4.69, 9.17) is 15.2 Å². The minimum atomic E-state index is -0.469. The molecule has 2 N–H and O–H groups in total. The molecule has 4 nitrogen and oxygen atoms in total. The van der Waals surface area contributed by atoms with Crippen LogP contribution in [0.4, 0.5) is 4.39 Å². The van der Waals surface area contributed by atoms with E-state index < -0.39 is 11.9 Å². The summed E-state index contributed by atoms with van der Waals surface area (Å²) >= 11 is 0. The van der Waals surface area contributed by atoms with Gasteiger partial charge in [-0.15, -0.1) is 0 Å².